The van der Waals surface area contributed by atoms with E-state index in [-0.39, 0.29) is 23.7 Å². The van der Waals surface area contributed by atoms with E-state index in [1.807, 2.05) is 4.90 Å². The van der Waals surface area contributed by atoms with Crippen molar-refractivity contribution in [2.45, 2.75) is 56.8 Å². The molecule has 2 saturated carbocycles. The lowest BCUT2D eigenvalue weighted by Gasteiger charge is -2.26. The zero-order valence-electron chi connectivity index (χ0n) is 13.5. The van der Waals surface area contributed by atoms with Crippen LogP contribution in [0.15, 0.2) is 0 Å². The molecule has 1 amide bonds. The fraction of sp³-hybridized carbons (Fsp3) is 0.824. The quantitative estimate of drug-likeness (QED) is 0.928. The molecule has 0 radical (unpaired) electrons. The molecule has 2 aliphatic carbocycles. The van der Waals surface area contributed by atoms with E-state index < -0.39 is 6.67 Å². The first-order chi connectivity index (χ1) is 11.3. The first kappa shape index (κ1) is 15.1. The molecule has 5 nitrogen and oxygen atoms in total. The molecule has 1 aromatic heterocycles. The largest absolute Gasteiger partial charge is 0.341 e. The normalized spacial score (nSPS) is 29.2. The number of rotatable bonds is 4. The molecule has 126 valence electrons. The van der Waals surface area contributed by atoms with Gasteiger partial charge in [0.25, 0.3) is 0 Å². The van der Waals surface area contributed by atoms with Crippen molar-refractivity contribution in [3.63, 3.8) is 0 Å². The third-order valence-corrected chi connectivity index (χ3v) is 5.72. The molecule has 6 heteroatoms. The highest BCUT2D eigenvalue weighted by Gasteiger charge is 2.40. The molecule has 2 heterocycles. The van der Waals surface area contributed by atoms with Gasteiger partial charge in [0.15, 0.2) is 5.82 Å². The number of hydrogen-bond acceptors (Lipinski definition) is 3. The third-order valence-electron chi connectivity index (χ3n) is 5.72. The minimum absolute atomic E-state index is 0.0347. The van der Waals surface area contributed by atoms with Crippen LogP contribution in [0.2, 0.25) is 0 Å². The minimum Gasteiger partial charge on any atom is -0.341 e. The van der Waals surface area contributed by atoms with E-state index in [4.69, 9.17) is 0 Å². The minimum atomic E-state index is -0.404. The summed E-state index contributed by atoms with van der Waals surface area (Å²) in [4.78, 5) is 19.2. The molecular formula is C17H25FN4O. The number of hydrogen-bond donors (Lipinski definition) is 1. The van der Waals surface area contributed by atoms with Gasteiger partial charge < -0.3 is 4.90 Å². The summed E-state index contributed by atoms with van der Waals surface area (Å²) in [5, 5.41) is 7.30. The standard InChI is InChI=1S/C17H25FN4O/c18-8-13-9-22(17(23)12-4-2-1-3-5-12)10-14(13)16-19-15(20-21-16)11-6-7-11/h11-14H,1-10H2,(H,19,20,21). The lowest BCUT2D eigenvalue weighted by Crippen LogP contribution is -2.35. The van der Waals surface area contributed by atoms with Crippen molar-refractivity contribution in [2.24, 2.45) is 11.8 Å². The van der Waals surface area contributed by atoms with Crippen LogP contribution in [0, 0.1) is 11.8 Å². The molecule has 1 N–H and O–H groups in total. The van der Waals surface area contributed by atoms with E-state index in [2.05, 4.69) is 15.2 Å². The number of alkyl halides is 1. The Morgan fingerprint density at radius 2 is 1.96 bits per heavy atom. The smallest absolute Gasteiger partial charge is 0.225 e. The fourth-order valence-corrected chi connectivity index (χ4v) is 4.10. The Morgan fingerprint density at radius 3 is 2.65 bits per heavy atom. The lowest BCUT2D eigenvalue weighted by atomic mass is 9.88. The lowest BCUT2D eigenvalue weighted by molar-refractivity contribution is -0.135. The Morgan fingerprint density at radius 1 is 1.17 bits per heavy atom. The van der Waals surface area contributed by atoms with Gasteiger partial charge in [-0.1, -0.05) is 19.3 Å². The van der Waals surface area contributed by atoms with Crippen molar-refractivity contribution < 1.29 is 9.18 Å². The number of aromatic nitrogens is 3. The summed E-state index contributed by atoms with van der Waals surface area (Å²) in [6.07, 6.45) is 7.83. The van der Waals surface area contributed by atoms with E-state index in [1.54, 1.807) is 0 Å². The average molecular weight is 320 g/mol. The van der Waals surface area contributed by atoms with Crippen LogP contribution >= 0.6 is 0 Å². The van der Waals surface area contributed by atoms with E-state index in [0.29, 0.717) is 19.0 Å². The van der Waals surface area contributed by atoms with Crippen LogP contribution in [0.5, 0.6) is 0 Å². The number of carbonyl (C=O) groups is 1. The number of aromatic amines is 1. The van der Waals surface area contributed by atoms with E-state index in [9.17, 15) is 9.18 Å². The van der Waals surface area contributed by atoms with Gasteiger partial charge in [-0.25, -0.2) is 4.98 Å². The Hall–Kier alpha value is -1.46. The van der Waals surface area contributed by atoms with Gasteiger partial charge in [-0.05, 0) is 25.7 Å². The first-order valence-electron chi connectivity index (χ1n) is 9.03. The Labute approximate surface area is 136 Å². The van der Waals surface area contributed by atoms with Gasteiger partial charge >= 0.3 is 0 Å². The van der Waals surface area contributed by atoms with Gasteiger partial charge in [-0.3, -0.25) is 14.3 Å². The number of carbonyl (C=O) groups excluding carboxylic acids is 1. The van der Waals surface area contributed by atoms with Crippen molar-refractivity contribution in [3.05, 3.63) is 11.6 Å². The number of H-pyrrole nitrogens is 1. The van der Waals surface area contributed by atoms with Crippen LogP contribution in [0.4, 0.5) is 4.39 Å². The molecule has 1 aromatic rings. The monoisotopic (exact) mass is 320 g/mol. The number of nitrogens with one attached hydrogen (secondary N) is 1. The molecule has 2 atom stereocenters. The van der Waals surface area contributed by atoms with Crippen LogP contribution in [0.3, 0.4) is 0 Å². The Balaban J connectivity index is 1.46. The van der Waals surface area contributed by atoms with Gasteiger partial charge in [0.1, 0.15) is 5.82 Å². The number of nitrogens with zero attached hydrogens (tertiary/aromatic N) is 3. The van der Waals surface area contributed by atoms with E-state index >= 15 is 0 Å². The van der Waals surface area contributed by atoms with Crippen LogP contribution < -0.4 is 0 Å². The van der Waals surface area contributed by atoms with Crippen LogP contribution in [-0.4, -0.2) is 45.8 Å². The summed E-state index contributed by atoms with van der Waals surface area (Å²) in [5.74, 6) is 2.33. The van der Waals surface area contributed by atoms with Crippen molar-refractivity contribution in [2.75, 3.05) is 19.8 Å². The summed E-state index contributed by atoms with van der Waals surface area (Å²) in [7, 11) is 0. The fourth-order valence-electron chi connectivity index (χ4n) is 4.10. The molecule has 3 aliphatic rings. The highest BCUT2D eigenvalue weighted by molar-refractivity contribution is 5.79. The van der Waals surface area contributed by atoms with Crippen molar-refractivity contribution in [1.29, 1.82) is 0 Å². The SMILES string of the molecule is O=C(C1CCCCC1)N1CC(CF)C(c2nc(C3CC3)n[nH]2)C1. The van der Waals surface area contributed by atoms with Gasteiger partial charge in [-0.15, -0.1) is 0 Å². The van der Waals surface area contributed by atoms with Crippen LogP contribution in [0.25, 0.3) is 0 Å². The molecular weight excluding hydrogens is 295 g/mol. The molecule has 1 aliphatic heterocycles. The Kier molecular flexibility index (Phi) is 4.07. The summed E-state index contributed by atoms with van der Waals surface area (Å²) in [6.45, 7) is 0.706. The highest BCUT2D eigenvalue weighted by Crippen LogP contribution is 2.39. The van der Waals surface area contributed by atoms with E-state index in [1.165, 1.54) is 6.42 Å². The third kappa shape index (κ3) is 3.00. The zero-order valence-corrected chi connectivity index (χ0v) is 13.5. The van der Waals surface area contributed by atoms with Crippen LogP contribution in [0.1, 0.15) is 68.4 Å². The van der Waals surface area contributed by atoms with Gasteiger partial charge in [0.05, 0.1) is 6.67 Å². The summed E-state index contributed by atoms with van der Waals surface area (Å²) < 4.78 is 13.5. The molecule has 23 heavy (non-hydrogen) atoms. The van der Waals surface area contributed by atoms with E-state index in [0.717, 1.165) is 50.2 Å². The maximum Gasteiger partial charge on any atom is 0.225 e. The topological polar surface area (TPSA) is 61.9 Å². The maximum atomic E-state index is 13.5. The maximum absolute atomic E-state index is 13.5. The molecule has 1 saturated heterocycles. The molecule has 0 bridgehead atoms. The predicted octanol–water partition coefficient (Wildman–Crippen LogP) is 2.77. The summed E-state index contributed by atoms with van der Waals surface area (Å²) >= 11 is 0. The Bertz CT molecular complexity index is 565. The second-order valence-corrected chi connectivity index (χ2v) is 7.45. The average Bonchev–Trinajstić information content (AvgIpc) is 3.17. The van der Waals surface area contributed by atoms with Gasteiger partial charge in [0, 0.05) is 36.8 Å². The highest BCUT2D eigenvalue weighted by atomic mass is 19.1. The van der Waals surface area contributed by atoms with Crippen LogP contribution in [-0.2, 0) is 4.79 Å². The summed E-state index contributed by atoms with van der Waals surface area (Å²) in [6, 6.07) is 0. The number of halogens is 1. The first-order valence-corrected chi connectivity index (χ1v) is 9.03. The van der Waals surface area contributed by atoms with Gasteiger partial charge in [0.2, 0.25) is 5.91 Å². The molecule has 0 aromatic carbocycles. The second kappa shape index (κ2) is 6.21. The summed E-state index contributed by atoms with van der Waals surface area (Å²) in [5.41, 5.74) is 0. The predicted molar refractivity (Wildman–Crippen MR) is 83.7 cm³/mol. The zero-order chi connectivity index (χ0) is 15.8. The molecule has 4 rings (SSSR count). The van der Waals surface area contributed by atoms with Crippen molar-refractivity contribution in [3.8, 4) is 0 Å². The molecule has 2 unspecified atom stereocenters. The number of likely N-dealkylation sites (tertiary alicyclic amines) is 1. The van der Waals surface area contributed by atoms with Gasteiger partial charge in [-0.2, -0.15) is 5.10 Å². The second-order valence-electron chi connectivity index (χ2n) is 7.45. The van der Waals surface area contributed by atoms with Crippen molar-refractivity contribution in [1.82, 2.24) is 20.1 Å². The molecule has 3 fully saturated rings. The number of amides is 1. The van der Waals surface area contributed by atoms with Crippen molar-refractivity contribution >= 4 is 5.91 Å². The molecule has 0 spiro atoms.